The number of hydrogen-bond donors (Lipinski definition) is 0. The van der Waals surface area contributed by atoms with E-state index in [9.17, 15) is 0 Å². The van der Waals surface area contributed by atoms with Gasteiger partial charge in [0.15, 0.2) is 0 Å². The highest BCUT2D eigenvalue weighted by atomic mass is 13.8. The minimum absolute atomic E-state index is 1.05. The Kier molecular flexibility index (Phi) is 5.02. The second kappa shape index (κ2) is 6.66. The Morgan fingerprint density at radius 2 is 1.08 bits per heavy atom. The molecular weight excluding hydrogens is 144 g/mol. The summed E-state index contributed by atoms with van der Waals surface area (Å²) >= 11 is 0. The molecule has 0 spiro atoms. The molecular formula is C12H16. The van der Waals surface area contributed by atoms with Gasteiger partial charge in [-0.05, 0) is 25.7 Å². The van der Waals surface area contributed by atoms with Crippen LogP contribution in [-0.4, -0.2) is 0 Å². The monoisotopic (exact) mass is 160 g/mol. The first-order valence-electron chi connectivity index (χ1n) is 4.62. The van der Waals surface area contributed by atoms with E-state index >= 15 is 0 Å². The lowest BCUT2D eigenvalue weighted by Gasteiger charge is -1.88. The Morgan fingerprint density at radius 1 is 0.500 bits per heavy atom. The van der Waals surface area contributed by atoms with Gasteiger partial charge in [0.05, 0.1) is 0 Å². The van der Waals surface area contributed by atoms with E-state index in [-0.39, 0.29) is 0 Å². The molecule has 0 amide bonds. The van der Waals surface area contributed by atoms with Gasteiger partial charge >= 0.3 is 0 Å². The van der Waals surface area contributed by atoms with Crippen LogP contribution >= 0.6 is 0 Å². The van der Waals surface area contributed by atoms with Crippen molar-refractivity contribution in [3.8, 4) is 0 Å². The Balaban J connectivity index is 2.41. The molecule has 0 fully saturated rings. The molecule has 0 aromatic rings. The SMILES string of the molecule is C1=CC/C=C/C/C=C/CC/C=C/1. The van der Waals surface area contributed by atoms with Gasteiger partial charge in [-0.3, -0.25) is 0 Å². The van der Waals surface area contributed by atoms with E-state index in [0.29, 0.717) is 0 Å². The molecule has 0 atom stereocenters. The molecule has 0 bridgehead atoms. The summed E-state index contributed by atoms with van der Waals surface area (Å²) in [4.78, 5) is 0. The number of allylic oxidation sites excluding steroid dienone is 8. The Hall–Kier alpha value is -1.04. The van der Waals surface area contributed by atoms with Crippen LogP contribution in [0.5, 0.6) is 0 Å². The molecule has 0 saturated carbocycles. The van der Waals surface area contributed by atoms with E-state index in [4.69, 9.17) is 0 Å². The van der Waals surface area contributed by atoms with Crippen molar-refractivity contribution in [2.75, 3.05) is 0 Å². The minimum atomic E-state index is 1.05. The molecule has 12 heavy (non-hydrogen) atoms. The lowest BCUT2D eigenvalue weighted by Crippen LogP contribution is -1.67. The molecule has 0 aliphatic heterocycles. The average molecular weight is 160 g/mol. The van der Waals surface area contributed by atoms with Crippen molar-refractivity contribution in [1.29, 1.82) is 0 Å². The van der Waals surface area contributed by atoms with Crippen molar-refractivity contribution in [2.24, 2.45) is 0 Å². The highest BCUT2D eigenvalue weighted by Gasteiger charge is 1.77. The third-order valence-corrected chi connectivity index (χ3v) is 1.76. The van der Waals surface area contributed by atoms with Crippen molar-refractivity contribution >= 4 is 0 Å². The smallest absolute Gasteiger partial charge is 0.0166 e. The standard InChI is InChI=1S/C12H16/c1-2-4-6-8-10-12-11-9-7-5-3-1/h1-4,7,9-10,12H,5-6,8,11H2/b3-1?,4-2+,9-7+,12-10+. The van der Waals surface area contributed by atoms with Crippen molar-refractivity contribution in [3.63, 3.8) is 0 Å². The minimum Gasteiger partial charge on any atom is -0.0879 e. The quantitative estimate of drug-likeness (QED) is 0.473. The molecule has 0 radical (unpaired) electrons. The summed E-state index contributed by atoms with van der Waals surface area (Å²) in [6, 6.07) is 0. The summed E-state index contributed by atoms with van der Waals surface area (Å²) in [5.41, 5.74) is 0. The highest BCUT2D eigenvalue weighted by Crippen LogP contribution is 1.98. The zero-order valence-corrected chi connectivity index (χ0v) is 7.45. The molecule has 0 heterocycles. The maximum absolute atomic E-state index is 2.25. The average Bonchev–Trinajstić information content (AvgIpc) is 2.05. The predicted octanol–water partition coefficient (Wildman–Crippen LogP) is 3.79. The topological polar surface area (TPSA) is 0 Å². The first-order chi connectivity index (χ1) is 6.00. The summed E-state index contributed by atoms with van der Waals surface area (Å²) in [5, 5.41) is 0. The molecule has 0 heteroatoms. The Bertz CT molecular complexity index is 204. The molecule has 0 saturated heterocycles. The Morgan fingerprint density at radius 3 is 2.00 bits per heavy atom. The van der Waals surface area contributed by atoms with Crippen LogP contribution in [0.4, 0.5) is 0 Å². The van der Waals surface area contributed by atoms with Crippen LogP contribution in [0.2, 0.25) is 0 Å². The summed E-state index contributed by atoms with van der Waals surface area (Å²) in [6.45, 7) is 0. The molecule has 64 valence electrons. The van der Waals surface area contributed by atoms with Crippen LogP contribution in [0.1, 0.15) is 25.7 Å². The predicted molar refractivity (Wildman–Crippen MR) is 55.0 cm³/mol. The summed E-state index contributed by atoms with van der Waals surface area (Å²) in [7, 11) is 0. The fourth-order valence-corrected chi connectivity index (χ4v) is 1.09. The maximum Gasteiger partial charge on any atom is -0.0166 e. The first kappa shape index (κ1) is 9.05. The van der Waals surface area contributed by atoms with Crippen LogP contribution < -0.4 is 0 Å². The second-order valence-electron chi connectivity index (χ2n) is 2.85. The Labute approximate surface area is 75.0 Å². The van der Waals surface area contributed by atoms with Crippen molar-refractivity contribution in [1.82, 2.24) is 0 Å². The summed E-state index contributed by atoms with van der Waals surface area (Å²) in [6.07, 6.45) is 22.0. The fraction of sp³-hybridized carbons (Fsp3) is 0.333. The van der Waals surface area contributed by atoms with E-state index in [0.717, 1.165) is 25.7 Å². The van der Waals surface area contributed by atoms with Gasteiger partial charge in [0.25, 0.3) is 0 Å². The summed E-state index contributed by atoms with van der Waals surface area (Å²) in [5.74, 6) is 0. The van der Waals surface area contributed by atoms with E-state index in [1.54, 1.807) is 0 Å². The second-order valence-corrected chi connectivity index (χ2v) is 2.85. The van der Waals surface area contributed by atoms with Gasteiger partial charge in [0, 0.05) is 0 Å². The van der Waals surface area contributed by atoms with Crippen LogP contribution in [0.15, 0.2) is 48.6 Å². The summed E-state index contributed by atoms with van der Waals surface area (Å²) < 4.78 is 0. The molecule has 1 aliphatic rings. The third kappa shape index (κ3) is 4.73. The molecule has 0 aromatic carbocycles. The van der Waals surface area contributed by atoms with Crippen LogP contribution in [0, 0.1) is 0 Å². The number of rotatable bonds is 0. The van der Waals surface area contributed by atoms with Gasteiger partial charge in [0.2, 0.25) is 0 Å². The van der Waals surface area contributed by atoms with Gasteiger partial charge in [-0.2, -0.15) is 0 Å². The largest absolute Gasteiger partial charge is 0.0879 e. The van der Waals surface area contributed by atoms with Gasteiger partial charge in [-0.1, -0.05) is 48.6 Å². The molecule has 0 nitrogen and oxygen atoms in total. The normalized spacial score (nSPS) is 26.7. The van der Waals surface area contributed by atoms with Crippen LogP contribution in [-0.2, 0) is 0 Å². The first-order valence-corrected chi connectivity index (χ1v) is 4.62. The van der Waals surface area contributed by atoms with Gasteiger partial charge in [0.1, 0.15) is 0 Å². The zero-order chi connectivity index (χ0) is 8.49. The molecule has 0 unspecified atom stereocenters. The van der Waals surface area contributed by atoms with Crippen molar-refractivity contribution in [3.05, 3.63) is 48.6 Å². The lowest BCUT2D eigenvalue weighted by atomic mass is 10.2. The highest BCUT2D eigenvalue weighted by molar-refractivity contribution is 5.06. The molecule has 1 rings (SSSR count). The fourth-order valence-electron chi connectivity index (χ4n) is 1.09. The third-order valence-electron chi connectivity index (χ3n) is 1.76. The van der Waals surface area contributed by atoms with E-state index in [2.05, 4.69) is 48.6 Å². The maximum atomic E-state index is 2.25. The van der Waals surface area contributed by atoms with Gasteiger partial charge in [-0.25, -0.2) is 0 Å². The molecule has 1 aliphatic carbocycles. The van der Waals surface area contributed by atoms with Crippen molar-refractivity contribution in [2.45, 2.75) is 25.7 Å². The lowest BCUT2D eigenvalue weighted by molar-refractivity contribution is 1.04. The molecule has 0 aromatic heterocycles. The van der Waals surface area contributed by atoms with E-state index in [1.165, 1.54) is 0 Å². The zero-order valence-electron chi connectivity index (χ0n) is 7.45. The van der Waals surface area contributed by atoms with E-state index in [1.807, 2.05) is 0 Å². The van der Waals surface area contributed by atoms with Crippen LogP contribution in [0.25, 0.3) is 0 Å². The van der Waals surface area contributed by atoms with Gasteiger partial charge < -0.3 is 0 Å². The molecule has 0 N–H and O–H groups in total. The van der Waals surface area contributed by atoms with Crippen LogP contribution in [0.3, 0.4) is 0 Å². The van der Waals surface area contributed by atoms with E-state index < -0.39 is 0 Å². The van der Waals surface area contributed by atoms with Crippen molar-refractivity contribution < 1.29 is 0 Å². The van der Waals surface area contributed by atoms with Gasteiger partial charge in [-0.15, -0.1) is 0 Å². The number of hydrogen-bond acceptors (Lipinski definition) is 0.